The number of aromatic nitrogens is 2. The fourth-order valence-corrected chi connectivity index (χ4v) is 2.00. The van der Waals surface area contributed by atoms with Gasteiger partial charge in [-0.05, 0) is 18.4 Å². The molecule has 2 rings (SSSR count). The zero-order chi connectivity index (χ0) is 11.5. The third-order valence-electron chi connectivity index (χ3n) is 2.23. The molecule has 0 bridgehead atoms. The fourth-order valence-electron chi connectivity index (χ4n) is 1.26. The Labute approximate surface area is 97.2 Å². The molecule has 0 radical (unpaired) electrons. The van der Waals surface area contributed by atoms with E-state index in [0.29, 0.717) is 23.8 Å². The van der Waals surface area contributed by atoms with Crippen molar-refractivity contribution in [1.82, 2.24) is 10.1 Å². The van der Waals surface area contributed by atoms with Crippen LogP contribution in [0.2, 0.25) is 0 Å². The predicted molar refractivity (Wildman–Crippen MR) is 62.2 cm³/mol. The molecule has 0 fully saturated rings. The largest absolute Gasteiger partial charge is 0.397 e. The Morgan fingerprint density at radius 1 is 1.62 bits per heavy atom. The summed E-state index contributed by atoms with van der Waals surface area (Å²) in [5.41, 5.74) is 6.43. The van der Waals surface area contributed by atoms with Gasteiger partial charge in [-0.15, -0.1) is 11.3 Å². The van der Waals surface area contributed by atoms with E-state index in [1.807, 2.05) is 18.4 Å². The number of hydrogen-bond donors (Lipinski definition) is 1. The average molecular weight is 239 g/mol. The molecule has 0 aliphatic rings. The summed E-state index contributed by atoms with van der Waals surface area (Å²) in [7, 11) is 1.66. The van der Waals surface area contributed by atoms with E-state index < -0.39 is 0 Å². The minimum Gasteiger partial charge on any atom is -0.397 e. The zero-order valence-corrected chi connectivity index (χ0v) is 9.95. The molecule has 2 aromatic heterocycles. The van der Waals surface area contributed by atoms with E-state index in [0.717, 1.165) is 4.88 Å². The summed E-state index contributed by atoms with van der Waals surface area (Å²) in [4.78, 5) is 5.10. The summed E-state index contributed by atoms with van der Waals surface area (Å²) in [5.74, 6) is 1.11. The van der Waals surface area contributed by atoms with E-state index in [2.05, 4.69) is 10.1 Å². The van der Waals surface area contributed by atoms with Crippen molar-refractivity contribution in [3.8, 4) is 10.8 Å². The van der Waals surface area contributed by atoms with Crippen molar-refractivity contribution < 1.29 is 9.26 Å². The Morgan fingerprint density at radius 2 is 2.44 bits per heavy atom. The van der Waals surface area contributed by atoms with Gasteiger partial charge in [-0.2, -0.15) is 4.98 Å². The fraction of sp³-hybridized carbons (Fsp3) is 0.400. The number of nitrogens with zero attached hydrogens (tertiary/aromatic N) is 2. The Morgan fingerprint density at radius 3 is 3.06 bits per heavy atom. The smallest absolute Gasteiger partial charge is 0.270 e. The van der Waals surface area contributed by atoms with Gasteiger partial charge >= 0.3 is 0 Å². The Balaban J connectivity index is 2.17. The van der Waals surface area contributed by atoms with Crippen LogP contribution in [-0.4, -0.2) is 23.4 Å². The SMILES string of the molecule is COC(C)Cc1noc(-c2sccc2N)n1. The van der Waals surface area contributed by atoms with Gasteiger partial charge in [0.05, 0.1) is 11.8 Å². The number of hydrogen-bond acceptors (Lipinski definition) is 6. The third-order valence-corrected chi connectivity index (χ3v) is 3.15. The minimum atomic E-state index is 0.0751. The molecule has 1 atom stereocenters. The van der Waals surface area contributed by atoms with Crippen LogP contribution in [0.4, 0.5) is 5.69 Å². The zero-order valence-electron chi connectivity index (χ0n) is 9.14. The summed E-state index contributed by atoms with van der Waals surface area (Å²) in [6, 6.07) is 1.82. The summed E-state index contributed by atoms with van der Waals surface area (Å²) in [6.45, 7) is 1.95. The molecular weight excluding hydrogens is 226 g/mol. The molecule has 2 aromatic rings. The molecule has 5 nitrogen and oxygen atoms in total. The third kappa shape index (κ3) is 2.23. The predicted octanol–water partition coefficient (Wildman–Crippen LogP) is 1.96. The molecule has 0 aliphatic heterocycles. The van der Waals surface area contributed by atoms with Crippen LogP contribution in [0.3, 0.4) is 0 Å². The van der Waals surface area contributed by atoms with Gasteiger partial charge in [0, 0.05) is 13.5 Å². The Kier molecular flexibility index (Phi) is 3.21. The second-order valence-electron chi connectivity index (χ2n) is 3.47. The first-order valence-corrected chi connectivity index (χ1v) is 5.77. The highest BCUT2D eigenvalue weighted by Gasteiger charge is 2.14. The number of anilines is 1. The minimum absolute atomic E-state index is 0.0751. The first kappa shape index (κ1) is 11.1. The highest BCUT2D eigenvalue weighted by molar-refractivity contribution is 7.14. The lowest BCUT2D eigenvalue weighted by Gasteiger charge is -2.03. The normalized spacial score (nSPS) is 12.9. The second-order valence-corrected chi connectivity index (χ2v) is 4.39. The van der Waals surface area contributed by atoms with Gasteiger partial charge in [0.2, 0.25) is 0 Å². The highest BCUT2D eigenvalue weighted by atomic mass is 32.1. The molecule has 6 heteroatoms. The van der Waals surface area contributed by atoms with Crippen molar-refractivity contribution in [3.05, 3.63) is 17.3 Å². The van der Waals surface area contributed by atoms with E-state index in [1.165, 1.54) is 11.3 Å². The lowest BCUT2D eigenvalue weighted by atomic mass is 10.3. The Bertz CT molecular complexity index is 466. The second kappa shape index (κ2) is 4.63. The van der Waals surface area contributed by atoms with Crippen molar-refractivity contribution in [1.29, 1.82) is 0 Å². The van der Waals surface area contributed by atoms with Gasteiger partial charge < -0.3 is 15.0 Å². The summed E-state index contributed by atoms with van der Waals surface area (Å²) < 4.78 is 10.3. The van der Waals surface area contributed by atoms with Gasteiger partial charge in [-0.1, -0.05) is 5.16 Å². The topological polar surface area (TPSA) is 74.2 Å². The molecule has 86 valence electrons. The van der Waals surface area contributed by atoms with E-state index in [9.17, 15) is 0 Å². The molecule has 0 saturated heterocycles. The number of nitrogens with two attached hydrogens (primary N) is 1. The first-order valence-electron chi connectivity index (χ1n) is 4.89. The van der Waals surface area contributed by atoms with Crippen LogP contribution in [0.25, 0.3) is 10.8 Å². The Hall–Kier alpha value is -1.40. The number of methoxy groups -OCH3 is 1. The lowest BCUT2D eigenvalue weighted by Crippen LogP contribution is -2.09. The molecule has 2 heterocycles. The van der Waals surface area contributed by atoms with Crippen LogP contribution in [0.1, 0.15) is 12.7 Å². The molecule has 0 spiro atoms. The van der Waals surface area contributed by atoms with Crippen LogP contribution in [-0.2, 0) is 11.2 Å². The van der Waals surface area contributed by atoms with E-state index in [1.54, 1.807) is 7.11 Å². The maximum Gasteiger partial charge on any atom is 0.270 e. The quantitative estimate of drug-likeness (QED) is 0.882. The van der Waals surface area contributed by atoms with E-state index in [-0.39, 0.29) is 6.10 Å². The maximum atomic E-state index is 5.77. The molecule has 1 unspecified atom stereocenters. The molecule has 0 saturated carbocycles. The maximum absolute atomic E-state index is 5.77. The number of ether oxygens (including phenoxy) is 1. The van der Waals surface area contributed by atoms with Gasteiger partial charge in [0.15, 0.2) is 5.82 Å². The monoisotopic (exact) mass is 239 g/mol. The van der Waals surface area contributed by atoms with Crippen molar-refractivity contribution in [3.63, 3.8) is 0 Å². The molecule has 0 aliphatic carbocycles. The van der Waals surface area contributed by atoms with E-state index in [4.69, 9.17) is 15.0 Å². The average Bonchev–Trinajstić information content (AvgIpc) is 2.86. The van der Waals surface area contributed by atoms with Crippen LogP contribution in [0.15, 0.2) is 16.0 Å². The molecule has 2 N–H and O–H groups in total. The lowest BCUT2D eigenvalue weighted by molar-refractivity contribution is 0.116. The number of rotatable bonds is 4. The van der Waals surface area contributed by atoms with Gasteiger partial charge in [0.1, 0.15) is 4.88 Å². The van der Waals surface area contributed by atoms with Crippen molar-refractivity contribution in [2.24, 2.45) is 0 Å². The number of thiophene rings is 1. The summed E-state index contributed by atoms with van der Waals surface area (Å²) >= 11 is 1.49. The van der Waals surface area contributed by atoms with E-state index >= 15 is 0 Å². The van der Waals surface area contributed by atoms with Crippen LogP contribution < -0.4 is 5.73 Å². The van der Waals surface area contributed by atoms with Crippen LogP contribution >= 0.6 is 11.3 Å². The molecule has 16 heavy (non-hydrogen) atoms. The number of nitrogen functional groups attached to an aromatic ring is 1. The highest BCUT2D eigenvalue weighted by Crippen LogP contribution is 2.29. The van der Waals surface area contributed by atoms with Crippen LogP contribution in [0, 0.1) is 0 Å². The van der Waals surface area contributed by atoms with Crippen molar-refractivity contribution in [2.45, 2.75) is 19.4 Å². The van der Waals surface area contributed by atoms with Crippen molar-refractivity contribution in [2.75, 3.05) is 12.8 Å². The van der Waals surface area contributed by atoms with Crippen LogP contribution in [0.5, 0.6) is 0 Å². The summed E-state index contributed by atoms with van der Waals surface area (Å²) in [5, 5.41) is 5.78. The van der Waals surface area contributed by atoms with Gasteiger partial charge in [0.25, 0.3) is 5.89 Å². The summed E-state index contributed by atoms with van der Waals surface area (Å²) in [6.07, 6.45) is 0.705. The molecule has 0 amide bonds. The first-order chi connectivity index (χ1) is 7.70. The standard InChI is InChI=1S/C10H13N3O2S/c1-6(14-2)5-8-12-10(15-13-8)9-7(11)3-4-16-9/h3-4,6H,5,11H2,1-2H3. The molecular formula is C10H13N3O2S. The van der Waals surface area contributed by atoms with Gasteiger partial charge in [-0.3, -0.25) is 0 Å². The molecule has 0 aromatic carbocycles. The van der Waals surface area contributed by atoms with Gasteiger partial charge in [-0.25, -0.2) is 0 Å². The van der Waals surface area contributed by atoms with Crippen molar-refractivity contribution >= 4 is 17.0 Å².